The van der Waals surface area contributed by atoms with E-state index in [1.807, 2.05) is 50.4 Å². The second-order valence-corrected chi connectivity index (χ2v) is 5.67. The third-order valence-electron chi connectivity index (χ3n) is 2.65. The lowest BCUT2D eigenvalue weighted by Gasteiger charge is -2.06. The molecule has 5 heteroatoms. The summed E-state index contributed by atoms with van der Waals surface area (Å²) in [7, 11) is 0. The van der Waals surface area contributed by atoms with Crippen molar-refractivity contribution in [2.24, 2.45) is 0 Å². The lowest BCUT2D eigenvalue weighted by Crippen LogP contribution is -2.20. The van der Waals surface area contributed by atoms with Crippen LogP contribution in [0.1, 0.15) is 19.4 Å². The van der Waals surface area contributed by atoms with Crippen LogP contribution in [0.25, 0.3) is 11.3 Å². The molecule has 0 spiro atoms. The number of benzene rings is 1. The van der Waals surface area contributed by atoms with E-state index in [0.717, 1.165) is 11.3 Å². The summed E-state index contributed by atoms with van der Waals surface area (Å²) in [5.41, 5.74) is 3.13. The molecule has 0 saturated carbocycles. The van der Waals surface area contributed by atoms with Gasteiger partial charge in [0.2, 0.25) is 0 Å². The van der Waals surface area contributed by atoms with Crippen LogP contribution in [0.5, 0.6) is 0 Å². The zero-order chi connectivity index (χ0) is 14.5. The van der Waals surface area contributed by atoms with Crippen LogP contribution in [0.15, 0.2) is 29.6 Å². The quantitative estimate of drug-likeness (QED) is 0.917. The molecule has 0 aliphatic rings. The molecule has 20 heavy (non-hydrogen) atoms. The monoisotopic (exact) mass is 290 g/mol. The molecule has 0 aliphatic carbocycles. The fourth-order valence-electron chi connectivity index (χ4n) is 1.59. The van der Waals surface area contributed by atoms with Crippen LogP contribution in [0.4, 0.5) is 5.13 Å². The number of rotatable bonds is 5. The van der Waals surface area contributed by atoms with Gasteiger partial charge in [0.15, 0.2) is 5.13 Å². The van der Waals surface area contributed by atoms with Crippen molar-refractivity contribution in [2.75, 3.05) is 11.9 Å². The number of aromatic nitrogens is 1. The van der Waals surface area contributed by atoms with Crippen LogP contribution in [0.3, 0.4) is 0 Å². The van der Waals surface area contributed by atoms with E-state index in [0.29, 0.717) is 5.13 Å². The summed E-state index contributed by atoms with van der Waals surface area (Å²) in [6.07, 6.45) is 0.0418. The van der Waals surface area contributed by atoms with Gasteiger partial charge in [0.05, 0.1) is 11.8 Å². The number of nitrogens with one attached hydrogen (secondary N) is 1. The van der Waals surface area contributed by atoms with E-state index in [-0.39, 0.29) is 18.6 Å². The zero-order valence-corrected chi connectivity index (χ0v) is 12.7. The zero-order valence-electron chi connectivity index (χ0n) is 11.8. The molecule has 0 unspecified atom stereocenters. The van der Waals surface area contributed by atoms with Gasteiger partial charge in [-0.3, -0.25) is 10.1 Å². The maximum absolute atomic E-state index is 11.6. The molecule has 1 N–H and O–H groups in total. The lowest BCUT2D eigenvalue weighted by atomic mass is 10.1. The van der Waals surface area contributed by atoms with Crippen LogP contribution >= 0.6 is 11.3 Å². The van der Waals surface area contributed by atoms with Crippen molar-refractivity contribution >= 4 is 22.4 Å². The van der Waals surface area contributed by atoms with Crippen molar-refractivity contribution in [3.63, 3.8) is 0 Å². The lowest BCUT2D eigenvalue weighted by molar-refractivity contribution is -0.121. The topological polar surface area (TPSA) is 51.2 Å². The summed E-state index contributed by atoms with van der Waals surface area (Å²) in [4.78, 5) is 16.0. The van der Waals surface area contributed by atoms with E-state index >= 15 is 0 Å². The number of carbonyl (C=O) groups is 1. The minimum absolute atomic E-state index is 0.0418. The van der Waals surface area contributed by atoms with E-state index in [4.69, 9.17) is 4.74 Å². The first kappa shape index (κ1) is 14.7. The first-order valence-corrected chi connectivity index (χ1v) is 7.36. The molecule has 1 heterocycles. The molecule has 0 atom stereocenters. The Morgan fingerprint density at radius 3 is 2.70 bits per heavy atom. The third-order valence-corrected chi connectivity index (χ3v) is 3.40. The Morgan fingerprint density at radius 2 is 2.05 bits per heavy atom. The van der Waals surface area contributed by atoms with Crippen LogP contribution in [0, 0.1) is 6.92 Å². The first-order chi connectivity index (χ1) is 9.54. The van der Waals surface area contributed by atoms with Crippen LogP contribution < -0.4 is 5.32 Å². The molecule has 0 radical (unpaired) electrons. The number of carbonyl (C=O) groups excluding carboxylic acids is 1. The third kappa shape index (κ3) is 4.15. The number of hydrogen-bond acceptors (Lipinski definition) is 4. The Hall–Kier alpha value is -1.72. The second-order valence-electron chi connectivity index (χ2n) is 4.81. The molecule has 2 rings (SSSR count). The summed E-state index contributed by atoms with van der Waals surface area (Å²) < 4.78 is 5.25. The van der Waals surface area contributed by atoms with Gasteiger partial charge in [0, 0.05) is 10.9 Å². The van der Waals surface area contributed by atoms with Gasteiger partial charge in [-0.1, -0.05) is 29.8 Å². The Bertz CT molecular complexity index is 576. The normalized spacial score (nSPS) is 10.8. The highest BCUT2D eigenvalue weighted by Crippen LogP contribution is 2.24. The van der Waals surface area contributed by atoms with Crippen LogP contribution in [-0.4, -0.2) is 23.6 Å². The molecule has 1 aromatic heterocycles. The van der Waals surface area contributed by atoms with Gasteiger partial charge in [-0.15, -0.1) is 11.3 Å². The summed E-state index contributed by atoms with van der Waals surface area (Å²) in [5, 5.41) is 5.27. The van der Waals surface area contributed by atoms with Gasteiger partial charge in [0.1, 0.15) is 6.61 Å². The smallest absolute Gasteiger partial charge is 0.252 e. The van der Waals surface area contributed by atoms with Crippen molar-refractivity contribution in [1.29, 1.82) is 0 Å². The van der Waals surface area contributed by atoms with Crippen LogP contribution in [-0.2, 0) is 9.53 Å². The highest BCUT2D eigenvalue weighted by Gasteiger charge is 2.08. The molecule has 4 nitrogen and oxygen atoms in total. The maximum atomic E-state index is 11.6. The Kier molecular flexibility index (Phi) is 4.87. The summed E-state index contributed by atoms with van der Waals surface area (Å²) in [6, 6.07) is 8.14. The van der Waals surface area contributed by atoms with Crippen molar-refractivity contribution in [3.8, 4) is 11.3 Å². The van der Waals surface area contributed by atoms with Gasteiger partial charge in [-0.25, -0.2) is 4.98 Å². The number of amides is 1. The number of ether oxygens (including phenoxy) is 1. The molecule has 0 aliphatic heterocycles. The van der Waals surface area contributed by atoms with E-state index in [1.54, 1.807) is 0 Å². The summed E-state index contributed by atoms with van der Waals surface area (Å²) in [6.45, 7) is 5.89. The standard InChI is InChI=1S/C15H18N2O2S/c1-10(2)19-8-14(18)17-15-16-13(9-20-15)12-6-4-11(3)5-7-12/h4-7,9-10H,8H2,1-3H3,(H,16,17,18). The average molecular weight is 290 g/mol. The minimum atomic E-state index is -0.177. The minimum Gasteiger partial charge on any atom is -0.369 e. The summed E-state index contributed by atoms with van der Waals surface area (Å²) >= 11 is 1.41. The first-order valence-electron chi connectivity index (χ1n) is 6.48. The predicted octanol–water partition coefficient (Wildman–Crippen LogP) is 3.48. The van der Waals surface area contributed by atoms with E-state index in [1.165, 1.54) is 16.9 Å². The largest absolute Gasteiger partial charge is 0.369 e. The molecule has 1 amide bonds. The van der Waals surface area contributed by atoms with Gasteiger partial charge >= 0.3 is 0 Å². The molecule has 1 aromatic carbocycles. The van der Waals surface area contributed by atoms with Crippen molar-refractivity contribution < 1.29 is 9.53 Å². The molecular weight excluding hydrogens is 272 g/mol. The highest BCUT2D eigenvalue weighted by atomic mass is 32.1. The van der Waals surface area contributed by atoms with Gasteiger partial charge in [-0.05, 0) is 20.8 Å². The number of nitrogens with zero attached hydrogens (tertiary/aromatic N) is 1. The Labute approximate surface area is 122 Å². The molecule has 0 fully saturated rings. The fraction of sp³-hybridized carbons (Fsp3) is 0.333. The predicted molar refractivity (Wildman–Crippen MR) is 82.0 cm³/mol. The fourth-order valence-corrected chi connectivity index (χ4v) is 2.32. The van der Waals surface area contributed by atoms with Gasteiger partial charge in [-0.2, -0.15) is 0 Å². The number of hydrogen-bond donors (Lipinski definition) is 1. The number of anilines is 1. The average Bonchev–Trinajstić information content (AvgIpc) is 2.85. The number of thiazole rings is 1. The molecule has 2 aromatic rings. The summed E-state index contributed by atoms with van der Waals surface area (Å²) in [5.74, 6) is -0.177. The molecule has 0 bridgehead atoms. The van der Waals surface area contributed by atoms with E-state index in [9.17, 15) is 4.79 Å². The maximum Gasteiger partial charge on any atom is 0.252 e. The van der Waals surface area contributed by atoms with E-state index in [2.05, 4.69) is 10.3 Å². The van der Waals surface area contributed by atoms with Crippen LogP contribution in [0.2, 0.25) is 0 Å². The van der Waals surface area contributed by atoms with Gasteiger partial charge in [0.25, 0.3) is 5.91 Å². The van der Waals surface area contributed by atoms with Crippen molar-refractivity contribution in [2.45, 2.75) is 26.9 Å². The van der Waals surface area contributed by atoms with Crippen molar-refractivity contribution in [3.05, 3.63) is 35.2 Å². The molecule has 106 valence electrons. The number of aryl methyl sites for hydroxylation is 1. The second kappa shape index (κ2) is 6.63. The SMILES string of the molecule is Cc1ccc(-c2csc(NC(=O)COC(C)C)n2)cc1. The van der Waals surface area contributed by atoms with Gasteiger partial charge < -0.3 is 4.74 Å². The van der Waals surface area contributed by atoms with Crippen molar-refractivity contribution in [1.82, 2.24) is 4.98 Å². The Morgan fingerprint density at radius 1 is 1.35 bits per heavy atom. The highest BCUT2D eigenvalue weighted by molar-refractivity contribution is 7.14. The molecule has 0 saturated heterocycles. The van der Waals surface area contributed by atoms with E-state index < -0.39 is 0 Å². The molecular formula is C15H18N2O2S. The Balaban J connectivity index is 1.98.